The Kier molecular flexibility index (Phi) is 2.78. The Balaban J connectivity index is 2.40. The summed E-state index contributed by atoms with van der Waals surface area (Å²) in [5.74, 6) is 0. The van der Waals surface area contributed by atoms with Crippen LogP contribution in [0.3, 0.4) is 0 Å². The molecule has 80 valence electrons. The predicted molar refractivity (Wildman–Crippen MR) is 65.7 cm³/mol. The summed E-state index contributed by atoms with van der Waals surface area (Å²) in [6, 6.07) is 10.1. The quantitative estimate of drug-likeness (QED) is 0.763. The molecule has 0 aliphatic heterocycles. The zero-order valence-corrected chi connectivity index (χ0v) is 9.06. The third-order valence-corrected chi connectivity index (χ3v) is 3.02. The number of benzene rings is 1. The van der Waals surface area contributed by atoms with Crippen molar-refractivity contribution in [3.63, 3.8) is 0 Å². The molecule has 0 saturated heterocycles. The molecule has 2 nitrogen and oxygen atoms in total. The van der Waals surface area contributed by atoms with Crippen molar-refractivity contribution in [2.45, 2.75) is 18.3 Å². The average molecular weight is 210 g/mol. The third-order valence-electron chi connectivity index (χ3n) is 3.02. The summed E-state index contributed by atoms with van der Waals surface area (Å²) in [7, 11) is 0. The highest BCUT2D eigenvalue weighted by atomic mass is 14.5. The molecule has 16 heavy (non-hydrogen) atoms. The number of nitriles is 1. The molecule has 0 heterocycles. The number of nitrogen functional groups attached to an aromatic ring is 1. The van der Waals surface area contributed by atoms with Crippen molar-refractivity contribution in [1.29, 1.82) is 5.26 Å². The number of hydrogen-bond acceptors (Lipinski definition) is 2. The van der Waals surface area contributed by atoms with E-state index in [9.17, 15) is 0 Å². The molecule has 1 aromatic carbocycles. The molecule has 1 unspecified atom stereocenters. The van der Waals surface area contributed by atoms with Gasteiger partial charge >= 0.3 is 0 Å². The number of nitrogens with two attached hydrogens (primary N) is 1. The standard InChI is InChI=1S/C14H14N2/c15-11-10-14(8-2-1-3-9-14)12-4-6-13(16)7-5-12/h1-8H,9-10,16H2. The SMILES string of the molecule is N#CCC1(c2ccc(N)cc2)C=CC=CC1. The Labute approximate surface area is 95.7 Å². The van der Waals surface area contributed by atoms with Gasteiger partial charge in [-0.1, -0.05) is 36.4 Å². The summed E-state index contributed by atoms with van der Waals surface area (Å²) in [5.41, 5.74) is 7.42. The normalized spacial score (nSPS) is 22.9. The van der Waals surface area contributed by atoms with Gasteiger partial charge in [-0.3, -0.25) is 0 Å². The zero-order chi connectivity index (χ0) is 11.4. The molecular weight excluding hydrogens is 196 g/mol. The van der Waals surface area contributed by atoms with Crippen molar-refractivity contribution in [2.75, 3.05) is 5.73 Å². The van der Waals surface area contributed by atoms with Gasteiger partial charge in [-0.05, 0) is 24.1 Å². The van der Waals surface area contributed by atoms with Crippen molar-refractivity contribution < 1.29 is 0 Å². The van der Waals surface area contributed by atoms with Crippen LogP contribution in [0.5, 0.6) is 0 Å². The molecule has 0 fully saturated rings. The Hall–Kier alpha value is -2.01. The summed E-state index contributed by atoms with van der Waals surface area (Å²) >= 11 is 0. The molecule has 1 aliphatic rings. The van der Waals surface area contributed by atoms with E-state index in [1.165, 1.54) is 0 Å². The van der Waals surface area contributed by atoms with Gasteiger partial charge in [-0.15, -0.1) is 0 Å². The minimum Gasteiger partial charge on any atom is -0.399 e. The monoisotopic (exact) mass is 210 g/mol. The molecule has 0 bridgehead atoms. The lowest BCUT2D eigenvalue weighted by Crippen LogP contribution is -2.23. The van der Waals surface area contributed by atoms with Crippen LogP contribution in [0, 0.1) is 11.3 Å². The van der Waals surface area contributed by atoms with E-state index >= 15 is 0 Å². The number of allylic oxidation sites excluding steroid dienone is 4. The van der Waals surface area contributed by atoms with Crippen molar-refractivity contribution in [3.05, 3.63) is 54.1 Å². The van der Waals surface area contributed by atoms with Crippen LogP contribution in [-0.4, -0.2) is 0 Å². The second kappa shape index (κ2) is 4.24. The van der Waals surface area contributed by atoms with Crippen LogP contribution in [0.15, 0.2) is 48.6 Å². The molecule has 0 aromatic heterocycles. The fourth-order valence-electron chi connectivity index (χ4n) is 2.07. The van der Waals surface area contributed by atoms with Crippen LogP contribution in [0.25, 0.3) is 0 Å². The van der Waals surface area contributed by atoms with E-state index in [-0.39, 0.29) is 5.41 Å². The van der Waals surface area contributed by atoms with Gasteiger partial charge < -0.3 is 5.73 Å². The number of anilines is 1. The maximum Gasteiger partial charge on any atom is 0.0634 e. The molecule has 0 amide bonds. The van der Waals surface area contributed by atoms with Gasteiger partial charge in [-0.2, -0.15) is 5.26 Å². The van der Waals surface area contributed by atoms with Crippen LogP contribution in [-0.2, 0) is 5.41 Å². The summed E-state index contributed by atoms with van der Waals surface area (Å²) in [6.45, 7) is 0. The average Bonchev–Trinajstić information content (AvgIpc) is 2.31. The second-order valence-corrected chi connectivity index (χ2v) is 4.10. The van der Waals surface area contributed by atoms with Crippen molar-refractivity contribution in [1.82, 2.24) is 0 Å². The Morgan fingerprint density at radius 2 is 2.00 bits per heavy atom. The summed E-state index contributed by atoms with van der Waals surface area (Å²) in [5, 5.41) is 8.97. The van der Waals surface area contributed by atoms with Crippen LogP contribution in [0.2, 0.25) is 0 Å². The van der Waals surface area contributed by atoms with Crippen LogP contribution in [0.4, 0.5) is 5.69 Å². The molecule has 0 saturated carbocycles. The molecule has 2 heteroatoms. The predicted octanol–water partition coefficient (Wildman–Crippen LogP) is 2.94. The van der Waals surface area contributed by atoms with E-state index < -0.39 is 0 Å². The Morgan fingerprint density at radius 1 is 1.25 bits per heavy atom. The summed E-state index contributed by atoms with van der Waals surface area (Å²) < 4.78 is 0. The van der Waals surface area contributed by atoms with E-state index in [0.717, 1.165) is 17.7 Å². The molecule has 0 radical (unpaired) electrons. The molecule has 1 atom stereocenters. The first-order valence-electron chi connectivity index (χ1n) is 5.34. The largest absolute Gasteiger partial charge is 0.399 e. The minimum atomic E-state index is -0.169. The van der Waals surface area contributed by atoms with E-state index in [1.54, 1.807) is 0 Å². The van der Waals surface area contributed by atoms with Crippen molar-refractivity contribution in [3.8, 4) is 6.07 Å². The molecular formula is C14H14N2. The molecule has 2 N–H and O–H groups in total. The zero-order valence-electron chi connectivity index (χ0n) is 9.06. The highest BCUT2D eigenvalue weighted by molar-refractivity contribution is 5.44. The maximum absolute atomic E-state index is 8.97. The van der Waals surface area contributed by atoms with Crippen LogP contribution >= 0.6 is 0 Å². The lowest BCUT2D eigenvalue weighted by Gasteiger charge is -2.29. The smallest absolute Gasteiger partial charge is 0.0634 e. The van der Waals surface area contributed by atoms with E-state index in [4.69, 9.17) is 11.0 Å². The lowest BCUT2D eigenvalue weighted by atomic mass is 9.73. The Bertz CT molecular complexity index is 463. The van der Waals surface area contributed by atoms with Gasteiger partial charge in [0.25, 0.3) is 0 Å². The van der Waals surface area contributed by atoms with Gasteiger partial charge in [0.15, 0.2) is 0 Å². The Morgan fingerprint density at radius 3 is 2.56 bits per heavy atom. The van der Waals surface area contributed by atoms with Gasteiger partial charge in [0.1, 0.15) is 0 Å². The van der Waals surface area contributed by atoms with E-state index in [2.05, 4.69) is 18.2 Å². The molecule has 0 spiro atoms. The fourth-order valence-corrected chi connectivity index (χ4v) is 2.07. The first-order valence-corrected chi connectivity index (χ1v) is 5.34. The number of nitrogens with zero attached hydrogens (tertiary/aromatic N) is 1. The van der Waals surface area contributed by atoms with Crippen LogP contribution < -0.4 is 5.73 Å². The van der Waals surface area contributed by atoms with E-state index in [1.807, 2.05) is 36.4 Å². The number of rotatable bonds is 2. The second-order valence-electron chi connectivity index (χ2n) is 4.10. The van der Waals surface area contributed by atoms with Gasteiger partial charge in [0.05, 0.1) is 6.07 Å². The molecule has 1 aromatic rings. The minimum absolute atomic E-state index is 0.169. The highest BCUT2D eigenvalue weighted by Gasteiger charge is 2.28. The van der Waals surface area contributed by atoms with E-state index in [0.29, 0.717) is 6.42 Å². The third kappa shape index (κ3) is 1.85. The first kappa shape index (κ1) is 10.5. The first-order chi connectivity index (χ1) is 7.77. The lowest BCUT2D eigenvalue weighted by molar-refractivity contribution is 0.551. The highest BCUT2D eigenvalue weighted by Crippen LogP contribution is 2.35. The molecule has 2 rings (SSSR count). The fraction of sp³-hybridized carbons (Fsp3) is 0.214. The van der Waals surface area contributed by atoms with Gasteiger partial charge in [0.2, 0.25) is 0 Å². The van der Waals surface area contributed by atoms with Crippen molar-refractivity contribution in [2.24, 2.45) is 0 Å². The van der Waals surface area contributed by atoms with Gasteiger partial charge in [0, 0.05) is 17.5 Å². The summed E-state index contributed by atoms with van der Waals surface area (Å²) in [4.78, 5) is 0. The van der Waals surface area contributed by atoms with Gasteiger partial charge in [-0.25, -0.2) is 0 Å². The molecule has 1 aliphatic carbocycles. The maximum atomic E-state index is 8.97. The number of hydrogen-bond donors (Lipinski definition) is 1. The topological polar surface area (TPSA) is 49.8 Å². The van der Waals surface area contributed by atoms with Crippen LogP contribution in [0.1, 0.15) is 18.4 Å². The summed E-state index contributed by atoms with van der Waals surface area (Å²) in [6.07, 6.45) is 9.62. The van der Waals surface area contributed by atoms with Crippen molar-refractivity contribution >= 4 is 5.69 Å².